The van der Waals surface area contributed by atoms with Crippen LogP contribution in [0.5, 0.6) is 0 Å². The summed E-state index contributed by atoms with van der Waals surface area (Å²) >= 11 is 1.58. The van der Waals surface area contributed by atoms with Gasteiger partial charge in [-0.25, -0.2) is 0 Å². The van der Waals surface area contributed by atoms with Gasteiger partial charge in [-0.3, -0.25) is 0 Å². The molecule has 0 spiro atoms. The van der Waals surface area contributed by atoms with Crippen molar-refractivity contribution in [3.05, 3.63) is 48.0 Å². The third-order valence-corrected chi connectivity index (χ3v) is 3.00. The second-order valence-electron chi connectivity index (χ2n) is 3.07. The van der Waals surface area contributed by atoms with Crippen LogP contribution in [0.3, 0.4) is 0 Å². The van der Waals surface area contributed by atoms with E-state index >= 15 is 0 Å². The maximum Gasteiger partial charge on any atom is 0.151 e. The zero-order chi connectivity index (χ0) is 9.38. The first-order chi connectivity index (χ1) is 6.95. The molecule has 0 unspecified atom stereocenters. The molecular formula is C12H7OS. The Morgan fingerprint density at radius 2 is 2.07 bits per heavy atom. The van der Waals surface area contributed by atoms with Crippen molar-refractivity contribution >= 4 is 22.1 Å². The minimum Gasteiger partial charge on any atom is -0.462 e. The van der Waals surface area contributed by atoms with Crippen molar-refractivity contribution in [3.63, 3.8) is 0 Å². The predicted molar refractivity (Wildman–Crippen MR) is 58.4 cm³/mol. The average molecular weight is 199 g/mol. The van der Waals surface area contributed by atoms with Crippen LogP contribution in [-0.4, -0.2) is 0 Å². The maximum absolute atomic E-state index is 5.55. The summed E-state index contributed by atoms with van der Waals surface area (Å²) in [7, 11) is 0. The summed E-state index contributed by atoms with van der Waals surface area (Å²) in [4.78, 5) is 1.13. The number of benzene rings is 1. The van der Waals surface area contributed by atoms with Crippen LogP contribution in [0.2, 0.25) is 0 Å². The smallest absolute Gasteiger partial charge is 0.151 e. The highest BCUT2D eigenvalue weighted by molar-refractivity contribution is 7.13. The quantitative estimate of drug-likeness (QED) is 0.578. The van der Waals surface area contributed by atoms with Gasteiger partial charge in [-0.1, -0.05) is 24.3 Å². The topological polar surface area (TPSA) is 13.1 Å². The van der Waals surface area contributed by atoms with E-state index in [2.05, 4.69) is 17.5 Å². The molecular weight excluding hydrogens is 192 g/mol. The van der Waals surface area contributed by atoms with Crippen molar-refractivity contribution in [3.8, 4) is 10.6 Å². The van der Waals surface area contributed by atoms with E-state index in [1.54, 1.807) is 17.6 Å². The van der Waals surface area contributed by atoms with E-state index in [0.29, 0.717) is 0 Å². The van der Waals surface area contributed by atoms with Gasteiger partial charge in [0.15, 0.2) is 5.76 Å². The highest BCUT2D eigenvalue weighted by Crippen LogP contribution is 2.32. The summed E-state index contributed by atoms with van der Waals surface area (Å²) in [5.41, 5.74) is 0. The van der Waals surface area contributed by atoms with Gasteiger partial charge in [0.1, 0.15) is 0 Å². The third-order valence-electron chi connectivity index (χ3n) is 2.20. The van der Waals surface area contributed by atoms with Gasteiger partial charge in [-0.2, -0.15) is 0 Å². The Labute approximate surface area is 85.6 Å². The van der Waals surface area contributed by atoms with Crippen LogP contribution in [0.25, 0.3) is 21.4 Å². The van der Waals surface area contributed by atoms with Gasteiger partial charge in [0.2, 0.25) is 0 Å². The number of rotatable bonds is 1. The van der Waals surface area contributed by atoms with Crippen LogP contribution in [0.4, 0.5) is 0 Å². The molecule has 14 heavy (non-hydrogen) atoms. The van der Waals surface area contributed by atoms with E-state index in [4.69, 9.17) is 4.42 Å². The Morgan fingerprint density at radius 1 is 1.14 bits per heavy atom. The summed E-state index contributed by atoms with van der Waals surface area (Å²) in [5, 5.41) is 5.38. The van der Waals surface area contributed by atoms with Crippen molar-refractivity contribution in [2.24, 2.45) is 0 Å². The normalized spacial score (nSPS) is 10.9. The molecule has 1 aromatic carbocycles. The second kappa shape index (κ2) is 3.00. The van der Waals surface area contributed by atoms with E-state index < -0.39 is 0 Å². The minimum atomic E-state index is 0.951. The van der Waals surface area contributed by atoms with Crippen molar-refractivity contribution in [2.45, 2.75) is 0 Å². The first-order valence-corrected chi connectivity index (χ1v) is 5.19. The molecule has 0 atom stereocenters. The molecule has 2 heterocycles. The highest BCUT2D eigenvalue weighted by atomic mass is 32.1. The van der Waals surface area contributed by atoms with E-state index in [9.17, 15) is 0 Å². The predicted octanol–water partition coefficient (Wildman–Crippen LogP) is 3.96. The van der Waals surface area contributed by atoms with Crippen molar-refractivity contribution in [1.29, 1.82) is 0 Å². The van der Waals surface area contributed by atoms with Gasteiger partial charge < -0.3 is 4.42 Å². The second-order valence-corrected chi connectivity index (χ2v) is 3.95. The first-order valence-electron chi connectivity index (χ1n) is 4.37. The van der Waals surface area contributed by atoms with E-state index in [0.717, 1.165) is 16.0 Å². The molecule has 0 aliphatic rings. The molecule has 0 saturated heterocycles. The zero-order valence-corrected chi connectivity index (χ0v) is 8.17. The lowest BCUT2D eigenvalue weighted by atomic mass is 10.2. The standard InChI is InChI=1S/C12H7OS/c1-2-5-10-9(4-1)8-13-12(10)11-6-3-7-14-11/h1-6,8H. The summed E-state index contributed by atoms with van der Waals surface area (Å²) < 4.78 is 5.55. The molecule has 0 aliphatic heterocycles. The molecule has 0 saturated carbocycles. The third kappa shape index (κ3) is 1.08. The first kappa shape index (κ1) is 7.83. The SMILES string of the molecule is [c]1ccc(-c2occ3ccccc23)s1. The van der Waals surface area contributed by atoms with Crippen LogP contribution in [0.1, 0.15) is 0 Å². The van der Waals surface area contributed by atoms with Crippen LogP contribution in [0.15, 0.2) is 47.1 Å². The molecule has 3 rings (SSSR count). The van der Waals surface area contributed by atoms with E-state index in [1.165, 1.54) is 5.39 Å². The van der Waals surface area contributed by atoms with Gasteiger partial charge in [0.25, 0.3) is 0 Å². The molecule has 2 aromatic heterocycles. The molecule has 0 aliphatic carbocycles. The number of hydrogen-bond acceptors (Lipinski definition) is 2. The largest absolute Gasteiger partial charge is 0.462 e. The fourth-order valence-corrected chi connectivity index (χ4v) is 2.20. The lowest BCUT2D eigenvalue weighted by Gasteiger charge is -1.91. The summed E-state index contributed by atoms with van der Waals surface area (Å²) in [6.45, 7) is 0. The summed E-state index contributed by atoms with van der Waals surface area (Å²) in [6.07, 6.45) is 1.80. The Hall–Kier alpha value is -1.54. The zero-order valence-electron chi connectivity index (χ0n) is 7.36. The fraction of sp³-hybridized carbons (Fsp3) is 0. The van der Waals surface area contributed by atoms with Gasteiger partial charge in [-0.15, -0.1) is 11.3 Å². The van der Waals surface area contributed by atoms with Gasteiger partial charge in [-0.05, 0) is 12.1 Å². The van der Waals surface area contributed by atoms with Crippen molar-refractivity contribution in [1.82, 2.24) is 0 Å². The van der Waals surface area contributed by atoms with E-state index in [1.807, 2.05) is 24.3 Å². The monoisotopic (exact) mass is 199 g/mol. The van der Waals surface area contributed by atoms with Crippen molar-refractivity contribution in [2.75, 3.05) is 0 Å². The number of fused-ring (bicyclic) bond motifs is 1. The number of hydrogen-bond donors (Lipinski definition) is 0. The van der Waals surface area contributed by atoms with Gasteiger partial charge in [0, 0.05) is 16.2 Å². The molecule has 0 N–H and O–H groups in total. The Kier molecular flexibility index (Phi) is 1.67. The molecule has 1 radical (unpaired) electrons. The summed E-state index contributed by atoms with van der Waals surface area (Å²) in [5.74, 6) is 0.951. The molecule has 67 valence electrons. The lowest BCUT2D eigenvalue weighted by molar-refractivity contribution is 0.588. The lowest BCUT2D eigenvalue weighted by Crippen LogP contribution is -1.67. The Balaban J connectivity index is 2.33. The molecule has 0 bridgehead atoms. The van der Waals surface area contributed by atoms with Gasteiger partial charge >= 0.3 is 0 Å². The molecule has 1 nitrogen and oxygen atoms in total. The maximum atomic E-state index is 5.55. The van der Waals surface area contributed by atoms with Crippen LogP contribution < -0.4 is 0 Å². The van der Waals surface area contributed by atoms with Crippen LogP contribution in [-0.2, 0) is 0 Å². The van der Waals surface area contributed by atoms with Crippen molar-refractivity contribution < 1.29 is 4.42 Å². The Bertz CT molecular complexity index is 548. The number of thiophene rings is 1. The molecule has 0 fully saturated rings. The highest BCUT2D eigenvalue weighted by Gasteiger charge is 2.07. The van der Waals surface area contributed by atoms with Crippen LogP contribution in [0, 0.1) is 5.38 Å². The molecule has 0 amide bonds. The van der Waals surface area contributed by atoms with Crippen LogP contribution >= 0.6 is 11.3 Å². The van der Waals surface area contributed by atoms with Gasteiger partial charge in [0.05, 0.1) is 11.1 Å². The summed E-state index contributed by atoms with van der Waals surface area (Å²) in [6, 6.07) is 12.1. The number of furan rings is 1. The average Bonchev–Trinajstić information content (AvgIpc) is 2.85. The van der Waals surface area contributed by atoms with E-state index in [-0.39, 0.29) is 0 Å². The fourth-order valence-electron chi connectivity index (χ4n) is 1.55. The molecule has 2 heteroatoms. The Morgan fingerprint density at radius 3 is 2.93 bits per heavy atom. The minimum absolute atomic E-state index is 0.951. The molecule has 3 aromatic rings.